The Kier molecular flexibility index (Phi) is 2.78. The highest BCUT2D eigenvalue weighted by atomic mass is 32.1. The second kappa shape index (κ2) is 4.23. The van der Waals surface area contributed by atoms with Crippen LogP contribution in [-0.2, 0) is 11.2 Å². The van der Waals surface area contributed by atoms with E-state index in [2.05, 4.69) is 12.6 Å². The molecule has 0 unspecified atom stereocenters. The van der Waals surface area contributed by atoms with Crippen LogP contribution in [0.2, 0.25) is 0 Å². The van der Waals surface area contributed by atoms with Crippen molar-refractivity contribution in [2.75, 3.05) is 17.2 Å². The Balaban J connectivity index is 1.90. The maximum atomic E-state index is 12.1. The molecular weight excluding hydrogens is 264 g/mol. The number of nitro benzene ring substituents is 1. The summed E-state index contributed by atoms with van der Waals surface area (Å²) < 4.78 is 0. The second-order valence-electron chi connectivity index (χ2n) is 5.38. The molecule has 1 heterocycles. The van der Waals surface area contributed by atoms with Crippen molar-refractivity contribution in [3.05, 3.63) is 33.9 Å². The van der Waals surface area contributed by atoms with E-state index < -0.39 is 4.92 Å². The van der Waals surface area contributed by atoms with Gasteiger partial charge in [-0.2, -0.15) is 12.6 Å². The van der Waals surface area contributed by atoms with E-state index in [1.807, 2.05) is 0 Å². The number of carbonyl (C=O) groups excluding carboxylic acids is 1. The first-order valence-electron chi connectivity index (χ1n) is 6.23. The third-order valence-electron chi connectivity index (χ3n) is 3.99. The Morgan fingerprint density at radius 1 is 1.42 bits per heavy atom. The number of non-ortho nitro benzene ring substituents is 1. The summed E-state index contributed by atoms with van der Waals surface area (Å²) in [6, 6.07) is 4.66. The molecule has 0 N–H and O–H groups in total. The first-order valence-corrected chi connectivity index (χ1v) is 6.86. The number of fused-ring (bicyclic) bond motifs is 1. The van der Waals surface area contributed by atoms with Crippen LogP contribution in [0, 0.1) is 15.5 Å². The van der Waals surface area contributed by atoms with Crippen LogP contribution in [-0.4, -0.2) is 23.1 Å². The van der Waals surface area contributed by atoms with E-state index in [-0.39, 0.29) is 23.4 Å². The predicted octanol–water partition coefficient (Wildman–Crippen LogP) is 2.19. The molecule has 1 aliphatic heterocycles. The van der Waals surface area contributed by atoms with Gasteiger partial charge in [-0.15, -0.1) is 0 Å². The molecule has 1 amide bonds. The van der Waals surface area contributed by atoms with Crippen LogP contribution in [0.25, 0.3) is 0 Å². The van der Waals surface area contributed by atoms with Crippen molar-refractivity contribution < 1.29 is 9.72 Å². The molecule has 0 spiro atoms. The molecule has 1 aliphatic carbocycles. The molecule has 100 valence electrons. The molecule has 0 saturated heterocycles. The third-order valence-corrected chi connectivity index (χ3v) is 4.66. The molecule has 3 rings (SSSR count). The first kappa shape index (κ1) is 12.5. The molecule has 2 aliphatic rings. The minimum Gasteiger partial charge on any atom is -0.311 e. The molecule has 0 radical (unpaired) electrons. The SMILES string of the molecule is O=C1Cc2cc([N+](=O)[O-])ccc2N1CC1(CS)CC1. The zero-order valence-electron chi connectivity index (χ0n) is 10.3. The third kappa shape index (κ3) is 2.10. The van der Waals surface area contributed by atoms with Gasteiger partial charge >= 0.3 is 0 Å². The summed E-state index contributed by atoms with van der Waals surface area (Å²) in [5, 5.41) is 10.7. The maximum Gasteiger partial charge on any atom is 0.269 e. The topological polar surface area (TPSA) is 63.4 Å². The van der Waals surface area contributed by atoms with Gasteiger partial charge in [-0.05, 0) is 35.6 Å². The van der Waals surface area contributed by atoms with E-state index in [1.54, 1.807) is 11.0 Å². The van der Waals surface area contributed by atoms with Gasteiger partial charge < -0.3 is 4.90 Å². The van der Waals surface area contributed by atoms with Crippen LogP contribution < -0.4 is 4.90 Å². The number of amides is 1. The molecule has 6 heteroatoms. The maximum absolute atomic E-state index is 12.1. The van der Waals surface area contributed by atoms with Crippen LogP contribution in [0.5, 0.6) is 0 Å². The van der Waals surface area contributed by atoms with Gasteiger partial charge in [0.1, 0.15) is 0 Å². The van der Waals surface area contributed by atoms with Gasteiger partial charge in [0, 0.05) is 24.4 Å². The molecular formula is C13H14N2O3S. The number of anilines is 1. The molecule has 0 atom stereocenters. The van der Waals surface area contributed by atoms with Crippen LogP contribution in [0.4, 0.5) is 11.4 Å². The number of nitro groups is 1. The van der Waals surface area contributed by atoms with Gasteiger partial charge in [-0.3, -0.25) is 14.9 Å². The lowest BCUT2D eigenvalue weighted by Crippen LogP contribution is -2.33. The Morgan fingerprint density at radius 2 is 2.16 bits per heavy atom. The van der Waals surface area contributed by atoms with Gasteiger partial charge in [0.2, 0.25) is 5.91 Å². The summed E-state index contributed by atoms with van der Waals surface area (Å²) in [5.41, 5.74) is 1.78. The van der Waals surface area contributed by atoms with Gasteiger partial charge in [0.15, 0.2) is 0 Å². The molecule has 1 saturated carbocycles. The number of thiol groups is 1. The fraction of sp³-hybridized carbons (Fsp3) is 0.462. The Hall–Kier alpha value is -1.56. The average Bonchev–Trinajstić information content (AvgIpc) is 3.10. The number of benzene rings is 1. The largest absolute Gasteiger partial charge is 0.311 e. The van der Waals surface area contributed by atoms with Crippen LogP contribution >= 0.6 is 12.6 Å². The standard InChI is InChI=1S/C13H14N2O3S/c16-12-6-9-5-10(15(17)18)1-2-11(9)14(12)7-13(8-19)3-4-13/h1-2,5,19H,3-4,6-8H2. The quantitative estimate of drug-likeness (QED) is 0.521. The van der Waals surface area contributed by atoms with E-state index in [0.717, 1.165) is 29.8 Å². The lowest BCUT2D eigenvalue weighted by atomic mass is 10.1. The molecule has 0 aromatic heterocycles. The fourth-order valence-electron chi connectivity index (χ4n) is 2.53. The molecule has 1 aromatic rings. The minimum absolute atomic E-state index is 0.0311. The van der Waals surface area contributed by atoms with Gasteiger partial charge in [0.25, 0.3) is 5.69 Å². The van der Waals surface area contributed by atoms with Crippen molar-refractivity contribution in [1.82, 2.24) is 0 Å². The highest BCUT2D eigenvalue weighted by Gasteiger charge is 2.45. The van der Waals surface area contributed by atoms with E-state index in [4.69, 9.17) is 0 Å². The number of rotatable bonds is 4. The smallest absolute Gasteiger partial charge is 0.269 e. The van der Waals surface area contributed by atoms with Gasteiger partial charge in [-0.25, -0.2) is 0 Å². The summed E-state index contributed by atoms with van der Waals surface area (Å²) in [4.78, 5) is 24.1. The summed E-state index contributed by atoms with van der Waals surface area (Å²) in [5.74, 6) is 0.808. The van der Waals surface area contributed by atoms with Crippen molar-refractivity contribution in [1.29, 1.82) is 0 Å². The fourth-order valence-corrected chi connectivity index (χ4v) is 2.95. The number of hydrogen-bond acceptors (Lipinski definition) is 4. The highest BCUT2D eigenvalue weighted by Crippen LogP contribution is 2.48. The molecule has 0 bridgehead atoms. The Labute approximate surface area is 116 Å². The first-order chi connectivity index (χ1) is 9.04. The lowest BCUT2D eigenvalue weighted by Gasteiger charge is -2.23. The van der Waals surface area contributed by atoms with Gasteiger partial charge in [0.05, 0.1) is 11.3 Å². The lowest BCUT2D eigenvalue weighted by molar-refractivity contribution is -0.384. The molecule has 5 nitrogen and oxygen atoms in total. The zero-order valence-corrected chi connectivity index (χ0v) is 11.2. The Morgan fingerprint density at radius 3 is 2.74 bits per heavy atom. The number of carbonyl (C=O) groups is 1. The van der Waals surface area contributed by atoms with E-state index in [0.29, 0.717) is 6.54 Å². The van der Waals surface area contributed by atoms with Gasteiger partial charge in [-0.1, -0.05) is 0 Å². The van der Waals surface area contributed by atoms with Crippen LogP contribution in [0.3, 0.4) is 0 Å². The normalized spacial score (nSPS) is 19.4. The second-order valence-corrected chi connectivity index (χ2v) is 5.70. The molecule has 1 fully saturated rings. The summed E-state index contributed by atoms with van der Waals surface area (Å²) in [6.45, 7) is 0.681. The van der Waals surface area contributed by atoms with Crippen molar-refractivity contribution in [2.45, 2.75) is 19.3 Å². The molecule has 19 heavy (non-hydrogen) atoms. The minimum atomic E-state index is -0.427. The average molecular weight is 278 g/mol. The summed E-state index contributed by atoms with van der Waals surface area (Å²) in [7, 11) is 0. The monoisotopic (exact) mass is 278 g/mol. The van der Waals surface area contributed by atoms with E-state index in [1.165, 1.54) is 12.1 Å². The van der Waals surface area contributed by atoms with E-state index >= 15 is 0 Å². The van der Waals surface area contributed by atoms with Crippen LogP contribution in [0.1, 0.15) is 18.4 Å². The number of hydrogen-bond donors (Lipinski definition) is 1. The zero-order chi connectivity index (χ0) is 13.6. The predicted molar refractivity (Wildman–Crippen MR) is 74.7 cm³/mol. The summed E-state index contributed by atoms with van der Waals surface area (Å²) in [6.07, 6.45) is 2.46. The van der Waals surface area contributed by atoms with E-state index in [9.17, 15) is 14.9 Å². The van der Waals surface area contributed by atoms with Crippen molar-refractivity contribution >= 4 is 29.9 Å². The molecule has 1 aromatic carbocycles. The number of nitrogens with zero attached hydrogens (tertiary/aromatic N) is 2. The Bertz CT molecular complexity index is 569. The highest BCUT2D eigenvalue weighted by molar-refractivity contribution is 7.80. The summed E-state index contributed by atoms with van der Waals surface area (Å²) >= 11 is 4.35. The van der Waals surface area contributed by atoms with Crippen molar-refractivity contribution in [3.8, 4) is 0 Å². The van der Waals surface area contributed by atoms with Crippen molar-refractivity contribution in [3.63, 3.8) is 0 Å². The van der Waals surface area contributed by atoms with Crippen molar-refractivity contribution in [2.24, 2.45) is 5.41 Å². The van der Waals surface area contributed by atoms with Crippen LogP contribution in [0.15, 0.2) is 18.2 Å².